The third-order valence-electron chi connectivity index (χ3n) is 1.94. The SMILES string of the molecule is OCC1O[C@@H](OI)[C@H](O)[C@@H](O)[C@H]1O. The Morgan fingerprint density at radius 1 is 1.15 bits per heavy atom. The van der Waals surface area contributed by atoms with Crippen molar-refractivity contribution in [1.29, 1.82) is 0 Å². The van der Waals surface area contributed by atoms with Gasteiger partial charge in [0.15, 0.2) is 6.29 Å². The van der Waals surface area contributed by atoms with Crippen LogP contribution in [-0.2, 0) is 7.80 Å². The maximum Gasteiger partial charge on any atom is 0.197 e. The first kappa shape index (κ1) is 11.6. The number of aliphatic hydroxyl groups is 4. The lowest BCUT2D eigenvalue weighted by molar-refractivity contribution is -0.269. The number of hydrogen-bond acceptors (Lipinski definition) is 6. The van der Waals surface area contributed by atoms with Crippen molar-refractivity contribution in [2.45, 2.75) is 30.7 Å². The minimum atomic E-state index is -1.37. The summed E-state index contributed by atoms with van der Waals surface area (Å²) in [4.78, 5) is 0. The van der Waals surface area contributed by atoms with E-state index >= 15 is 0 Å². The van der Waals surface area contributed by atoms with Crippen LogP contribution in [0.4, 0.5) is 0 Å². The molecule has 0 aromatic rings. The van der Waals surface area contributed by atoms with Crippen LogP contribution in [0.15, 0.2) is 0 Å². The molecule has 13 heavy (non-hydrogen) atoms. The lowest BCUT2D eigenvalue weighted by atomic mass is 10.00. The van der Waals surface area contributed by atoms with E-state index in [4.69, 9.17) is 9.84 Å². The van der Waals surface area contributed by atoms with Gasteiger partial charge in [-0.15, -0.1) is 0 Å². The molecule has 5 atom stereocenters. The largest absolute Gasteiger partial charge is 0.394 e. The summed E-state index contributed by atoms with van der Waals surface area (Å²) < 4.78 is 9.61. The molecule has 1 unspecified atom stereocenters. The molecular formula is C6H11IO6. The second-order valence-electron chi connectivity index (χ2n) is 2.79. The highest BCUT2D eigenvalue weighted by Crippen LogP contribution is 2.22. The molecule has 1 heterocycles. The van der Waals surface area contributed by atoms with E-state index in [9.17, 15) is 15.3 Å². The minimum absolute atomic E-state index is 0.443. The van der Waals surface area contributed by atoms with Crippen LogP contribution < -0.4 is 0 Å². The van der Waals surface area contributed by atoms with Crippen LogP contribution in [0, 0.1) is 0 Å². The minimum Gasteiger partial charge on any atom is -0.394 e. The predicted molar refractivity (Wildman–Crippen MR) is 48.9 cm³/mol. The lowest BCUT2D eigenvalue weighted by Gasteiger charge is -2.38. The molecule has 6 nitrogen and oxygen atoms in total. The van der Waals surface area contributed by atoms with Crippen molar-refractivity contribution in [2.24, 2.45) is 0 Å². The van der Waals surface area contributed by atoms with Gasteiger partial charge in [-0.2, -0.15) is 0 Å². The van der Waals surface area contributed by atoms with Crippen molar-refractivity contribution >= 4 is 23.0 Å². The summed E-state index contributed by atoms with van der Waals surface area (Å²) in [5.41, 5.74) is 0. The fraction of sp³-hybridized carbons (Fsp3) is 1.00. The number of ether oxygens (including phenoxy) is 1. The number of hydrogen-bond donors (Lipinski definition) is 4. The van der Waals surface area contributed by atoms with Crippen molar-refractivity contribution in [3.05, 3.63) is 0 Å². The average molecular weight is 306 g/mol. The summed E-state index contributed by atoms with van der Waals surface area (Å²) in [6.45, 7) is -0.443. The summed E-state index contributed by atoms with van der Waals surface area (Å²) >= 11 is 1.51. The summed E-state index contributed by atoms with van der Waals surface area (Å²) in [5.74, 6) is 0. The second-order valence-corrected chi connectivity index (χ2v) is 3.29. The van der Waals surface area contributed by atoms with Crippen LogP contribution in [0.25, 0.3) is 0 Å². The molecule has 78 valence electrons. The fourth-order valence-electron chi connectivity index (χ4n) is 1.14. The summed E-state index contributed by atoms with van der Waals surface area (Å²) in [7, 11) is 0. The summed E-state index contributed by atoms with van der Waals surface area (Å²) in [6.07, 6.45) is -5.95. The molecule has 0 amide bonds. The first-order valence-electron chi connectivity index (χ1n) is 3.69. The van der Waals surface area contributed by atoms with Crippen LogP contribution >= 0.6 is 23.0 Å². The van der Waals surface area contributed by atoms with Crippen molar-refractivity contribution in [2.75, 3.05) is 6.61 Å². The smallest absolute Gasteiger partial charge is 0.197 e. The Morgan fingerprint density at radius 2 is 1.77 bits per heavy atom. The Bertz CT molecular complexity index is 147. The molecule has 0 saturated carbocycles. The van der Waals surface area contributed by atoms with Crippen molar-refractivity contribution < 1.29 is 28.2 Å². The van der Waals surface area contributed by atoms with Gasteiger partial charge in [-0.25, -0.2) is 0 Å². The second kappa shape index (κ2) is 4.82. The third-order valence-corrected chi connectivity index (χ3v) is 2.44. The van der Waals surface area contributed by atoms with E-state index in [1.165, 1.54) is 23.0 Å². The van der Waals surface area contributed by atoms with Gasteiger partial charge in [0.05, 0.1) is 6.61 Å². The molecule has 0 bridgehead atoms. The first-order valence-corrected chi connectivity index (χ1v) is 4.57. The molecule has 1 fully saturated rings. The standard InChI is InChI=1S/C6H11IO6/c7-13-6-5(11)4(10)3(9)2(1-8)12-6/h2-6,8-11H,1H2/t2?,3-,4-,5+,6-/m0/s1. The summed E-state index contributed by atoms with van der Waals surface area (Å²) in [6, 6.07) is 0. The maximum absolute atomic E-state index is 9.27. The van der Waals surface area contributed by atoms with E-state index in [0.717, 1.165) is 0 Å². The Balaban J connectivity index is 2.66. The highest BCUT2D eigenvalue weighted by molar-refractivity contribution is 14.1. The van der Waals surface area contributed by atoms with Crippen molar-refractivity contribution in [3.63, 3.8) is 0 Å². The molecule has 4 N–H and O–H groups in total. The number of rotatable bonds is 2. The molecule has 1 aliphatic heterocycles. The molecule has 0 aromatic carbocycles. The first-order chi connectivity index (χ1) is 6.11. The van der Waals surface area contributed by atoms with E-state index in [0.29, 0.717) is 0 Å². The van der Waals surface area contributed by atoms with Gasteiger partial charge in [0.25, 0.3) is 0 Å². The Labute approximate surface area is 88.8 Å². The van der Waals surface area contributed by atoms with Crippen LogP contribution in [0.1, 0.15) is 0 Å². The zero-order valence-corrected chi connectivity index (χ0v) is 8.73. The van der Waals surface area contributed by atoms with Gasteiger partial charge in [-0.1, -0.05) is 0 Å². The molecular weight excluding hydrogens is 295 g/mol. The molecule has 7 heteroatoms. The van der Waals surface area contributed by atoms with E-state index in [2.05, 4.69) is 3.07 Å². The Hall–Kier alpha value is 0.490. The van der Waals surface area contributed by atoms with Gasteiger partial charge in [0.2, 0.25) is 0 Å². The normalized spacial score (nSPS) is 46.4. The Morgan fingerprint density at radius 3 is 2.23 bits per heavy atom. The van der Waals surface area contributed by atoms with Crippen LogP contribution in [-0.4, -0.2) is 57.7 Å². The lowest BCUT2D eigenvalue weighted by Crippen LogP contribution is -2.58. The van der Waals surface area contributed by atoms with Crippen LogP contribution in [0.2, 0.25) is 0 Å². The van der Waals surface area contributed by atoms with Gasteiger partial charge < -0.3 is 25.2 Å². The Kier molecular flexibility index (Phi) is 4.29. The highest BCUT2D eigenvalue weighted by Gasteiger charge is 2.43. The molecule has 1 saturated heterocycles. The molecule has 0 aliphatic carbocycles. The van der Waals surface area contributed by atoms with E-state index in [1.54, 1.807) is 0 Å². The molecule has 1 rings (SSSR count). The van der Waals surface area contributed by atoms with Crippen molar-refractivity contribution in [3.8, 4) is 0 Å². The van der Waals surface area contributed by atoms with Crippen LogP contribution in [0.5, 0.6) is 0 Å². The predicted octanol–water partition coefficient (Wildman–Crippen LogP) is -1.85. The van der Waals surface area contributed by atoms with Gasteiger partial charge in [0, 0.05) is 0 Å². The third kappa shape index (κ3) is 2.29. The van der Waals surface area contributed by atoms with Crippen molar-refractivity contribution in [1.82, 2.24) is 0 Å². The molecule has 0 radical (unpaired) electrons. The number of halogens is 1. The quantitative estimate of drug-likeness (QED) is 0.447. The van der Waals surface area contributed by atoms with E-state index in [-0.39, 0.29) is 0 Å². The summed E-state index contributed by atoms with van der Waals surface area (Å²) in [5, 5.41) is 36.6. The van der Waals surface area contributed by atoms with Gasteiger partial charge >= 0.3 is 0 Å². The number of aliphatic hydroxyl groups excluding tert-OH is 4. The van der Waals surface area contributed by atoms with E-state index < -0.39 is 37.3 Å². The van der Waals surface area contributed by atoms with Gasteiger partial charge in [-0.05, 0) is 0 Å². The molecule has 1 aliphatic rings. The zero-order valence-electron chi connectivity index (χ0n) is 6.58. The molecule has 0 spiro atoms. The zero-order chi connectivity index (χ0) is 10.0. The van der Waals surface area contributed by atoms with Gasteiger partial charge in [0.1, 0.15) is 47.4 Å². The molecule has 0 aromatic heterocycles. The van der Waals surface area contributed by atoms with E-state index in [1.807, 2.05) is 0 Å². The average Bonchev–Trinajstić information content (AvgIpc) is 2.15. The monoisotopic (exact) mass is 306 g/mol. The highest BCUT2D eigenvalue weighted by atomic mass is 127. The van der Waals surface area contributed by atoms with Gasteiger partial charge in [-0.3, -0.25) is 3.07 Å². The fourth-order valence-corrected chi connectivity index (χ4v) is 1.56. The van der Waals surface area contributed by atoms with Crippen LogP contribution in [0.3, 0.4) is 0 Å². The topological polar surface area (TPSA) is 99.4 Å². The maximum atomic E-state index is 9.27.